The van der Waals surface area contributed by atoms with E-state index in [4.69, 9.17) is 0 Å². The van der Waals surface area contributed by atoms with Gasteiger partial charge >= 0.3 is 0 Å². The van der Waals surface area contributed by atoms with Crippen molar-refractivity contribution in [3.8, 4) is 5.69 Å². The van der Waals surface area contributed by atoms with Crippen LogP contribution >= 0.6 is 31.9 Å². The highest BCUT2D eigenvalue weighted by Crippen LogP contribution is 2.34. The SMILES string of the molecule is Brc1ccc2c(c1)c1ccc(Br)cc1n2-c1ccccc1. The zero-order valence-electron chi connectivity index (χ0n) is 11.1. The van der Waals surface area contributed by atoms with Gasteiger partial charge in [0.15, 0.2) is 0 Å². The van der Waals surface area contributed by atoms with Crippen LogP contribution in [0.25, 0.3) is 27.5 Å². The van der Waals surface area contributed by atoms with Gasteiger partial charge in [-0.05, 0) is 42.5 Å². The second-order valence-electron chi connectivity index (χ2n) is 4.99. The van der Waals surface area contributed by atoms with Gasteiger partial charge in [-0.3, -0.25) is 0 Å². The standard InChI is InChI=1S/C18H11Br2N/c19-12-7-9-17-16(10-12)15-8-6-13(20)11-18(15)21(17)14-4-2-1-3-5-14/h1-11H. The zero-order chi connectivity index (χ0) is 14.4. The molecule has 0 fully saturated rings. The average molecular weight is 401 g/mol. The number of halogens is 2. The Morgan fingerprint density at radius 2 is 1.33 bits per heavy atom. The van der Waals surface area contributed by atoms with Crippen LogP contribution in [0.5, 0.6) is 0 Å². The molecule has 0 unspecified atom stereocenters. The monoisotopic (exact) mass is 399 g/mol. The number of rotatable bonds is 1. The molecule has 0 bridgehead atoms. The first-order chi connectivity index (χ1) is 10.2. The van der Waals surface area contributed by atoms with E-state index in [1.807, 2.05) is 6.07 Å². The fourth-order valence-corrected chi connectivity index (χ4v) is 3.53. The molecule has 0 aliphatic rings. The van der Waals surface area contributed by atoms with Crippen molar-refractivity contribution in [2.45, 2.75) is 0 Å². The first-order valence-electron chi connectivity index (χ1n) is 6.69. The maximum absolute atomic E-state index is 3.59. The first-order valence-corrected chi connectivity index (χ1v) is 8.27. The van der Waals surface area contributed by atoms with E-state index in [9.17, 15) is 0 Å². The number of para-hydroxylation sites is 1. The molecule has 21 heavy (non-hydrogen) atoms. The van der Waals surface area contributed by atoms with Crippen LogP contribution in [0, 0.1) is 0 Å². The summed E-state index contributed by atoms with van der Waals surface area (Å²) in [5, 5.41) is 2.52. The van der Waals surface area contributed by atoms with Gasteiger partial charge in [-0.1, -0.05) is 56.1 Å². The summed E-state index contributed by atoms with van der Waals surface area (Å²) in [6.45, 7) is 0. The third-order valence-electron chi connectivity index (χ3n) is 3.70. The zero-order valence-corrected chi connectivity index (χ0v) is 14.2. The molecule has 0 saturated heterocycles. The lowest BCUT2D eigenvalue weighted by Crippen LogP contribution is -1.92. The third kappa shape index (κ3) is 2.12. The molecule has 4 aromatic rings. The molecular formula is C18H11Br2N. The molecule has 3 heteroatoms. The summed E-state index contributed by atoms with van der Waals surface area (Å²) in [6.07, 6.45) is 0. The molecule has 0 aliphatic carbocycles. The number of hydrogen-bond acceptors (Lipinski definition) is 0. The van der Waals surface area contributed by atoms with Gasteiger partial charge in [0.1, 0.15) is 0 Å². The van der Waals surface area contributed by atoms with Crippen LogP contribution in [0.4, 0.5) is 0 Å². The van der Waals surface area contributed by atoms with Crippen molar-refractivity contribution in [2.75, 3.05) is 0 Å². The maximum atomic E-state index is 3.59. The molecule has 0 saturated carbocycles. The van der Waals surface area contributed by atoms with Gasteiger partial charge in [-0.25, -0.2) is 0 Å². The summed E-state index contributed by atoms with van der Waals surface area (Å²) in [5.41, 5.74) is 3.61. The van der Waals surface area contributed by atoms with Gasteiger partial charge < -0.3 is 4.57 Å². The highest BCUT2D eigenvalue weighted by Gasteiger charge is 2.12. The maximum Gasteiger partial charge on any atom is 0.0552 e. The van der Waals surface area contributed by atoms with Crippen molar-refractivity contribution in [3.63, 3.8) is 0 Å². The van der Waals surface area contributed by atoms with Crippen molar-refractivity contribution in [1.82, 2.24) is 4.57 Å². The Balaban J connectivity index is 2.23. The molecule has 0 aliphatic heterocycles. The van der Waals surface area contributed by atoms with Crippen LogP contribution < -0.4 is 0 Å². The highest BCUT2D eigenvalue weighted by molar-refractivity contribution is 9.10. The Hall–Kier alpha value is -1.58. The van der Waals surface area contributed by atoms with E-state index in [0.29, 0.717) is 0 Å². The summed E-state index contributed by atoms with van der Waals surface area (Å²) in [6, 6.07) is 23.4. The van der Waals surface area contributed by atoms with E-state index in [1.54, 1.807) is 0 Å². The van der Waals surface area contributed by atoms with Gasteiger partial charge in [-0.2, -0.15) is 0 Å². The Kier molecular flexibility index (Phi) is 3.12. The van der Waals surface area contributed by atoms with Crippen LogP contribution in [-0.2, 0) is 0 Å². The molecule has 1 aromatic heterocycles. The molecule has 1 heterocycles. The summed E-state index contributed by atoms with van der Waals surface area (Å²) in [5.74, 6) is 0. The number of aromatic nitrogens is 1. The number of fused-ring (bicyclic) bond motifs is 3. The molecule has 1 nitrogen and oxygen atoms in total. The molecule has 0 atom stereocenters. The van der Waals surface area contributed by atoms with Gasteiger partial charge in [0, 0.05) is 25.4 Å². The van der Waals surface area contributed by atoms with E-state index in [0.717, 1.165) is 8.95 Å². The minimum absolute atomic E-state index is 1.09. The van der Waals surface area contributed by atoms with Crippen molar-refractivity contribution in [1.29, 1.82) is 0 Å². The van der Waals surface area contributed by atoms with Crippen LogP contribution in [0.15, 0.2) is 75.7 Å². The van der Waals surface area contributed by atoms with Crippen molar-refractivity contribution < 1.29 is 0 Å². The lowest BCUT2D eigenvalue weighted by atomic mass is 10.2. The van der Waals surface area contributed by atoms with Crippen LogP contribution in [0.1, 0.15) is 0 Å². The fourth-order valence-electron chi connectivity index (χ4n) is 2.82. The van der Waals surface area contributed by atoms with Crippen LogP contribution in [0.3, 0.4) is 0 Å². The van der Waals surface area contributed by atoms with Crippen molar-refractivity contribution in [2.24, 2.45) is 0 Å². The summed E-state index contributed by atoms with van der Waals surface area (Å²) < 4.78 is 4.50. The van der Waals surface area contributed by atoms with E-state index in [1.165, 1.54) is 27.5 Å². The van der Waals surface area contributed by atoms with Gasteiger partial charge in [0.05, 0.1) is 11.0 Å². The van der Waals surface area contributed by atoms with E-state index >= 15 is 0 Å². The molecule has 0 N–H and O–H groups in total. The van der Waals surface area contributed by atoms with Gasteiger partial charge in [-0.15, -0.1) is 0 Å². The molecule has 0 spiro atoms. The molecule has 4 rings (SSSR count). The second kappa shape index (κ2) is 5.00. The topological polar surface area (TPSA) is 4.93 Å². The molecule has 3 aromatic carbocycles. The van der Waals surface area contributed by atoms with Crippen molar-refractivity contribution >= 4 is 53.7 Å². The lowest BCUT2D eigenvalue weighted by molar-refractivity contribution is 1.18. The van der Waals surface area contributed by atoms with Crippen LogP contribution in [-0.4, -0.2) is 4.57 Å². The predicted octanol–water partition coefficient (Wildman–Crippen LogP) is 6.31. The van der Waals surface area contributed by atoms with Gasteiger partial charge in [0.25, 0.3) is 0 Å². The highest BCUT2D eigenvalue weighted by atomic mass is 79.9. The normalized spacial score (nSPS) is 11.3. The van der Waals surface area contributed by atoms with E-state index in [-0.39, 0.29) is 0 Å². The summed E-state index contributed by atoms with van der Waals surface area (Å²) in [4.78, 5) is 0. The minimum Gasteiger partial charge on any atom is -0.309 e. The summed E-state index contributed by atoms with van der Waals surface area (Å²) in [7, 11) is 0. The molecule has 102 valence electrons. The van der Waals surface area contributed by atoms with Crippen molar-refractivity contribution in [3.05, 3.63) is 75.7 Å². The average Bonchev–Trinajstić information content (AvgIpc) is 2.81. The smallest absolute Gasteiger partial charge is 0.0552 e. The quantitative estimate of drug-likeness (QED) is 0.353. The Bertz CT molecular complexity index is 955. The second-order valence-corrected chi connectivity index (χ2v) is 6.83. The molecule has 0 radical (unpaired) electrons. The molecular weight excluding hydrogens is 390 g/mol. The number of hydrogen-bond donors (Lipinski definition) is 0. The summed E-state index contributed by atoms with van der Waals surface area (Å²) >= 11 is 7.17. The Labute approximate surface area is 139 Å². The number of benzene rings is 3. The third-order valence-corrected chi connectivity index (χ3v) is 4.69. The molecule has 0 amide bonds. The predicted molar refractivity (Wildman–Crippen MR) is 96.2 cm³/mol. The number of nitrogens with zero attached hydrogens (tertiary/aromatic N) is 1. The van der Waals surface area contributed by atoms with Gasteiger partial charge in [0.2, 0.25) is 0 Å². The Morgan fingerprint density at radius 1 is 0.619 bits per heavy atom. The van der Waals surface area contributed by atoms with E-state index < -0.39 is 0 Å². The Morgan fingerprint density at radius 3 is 2.14 bits per heavy atom. The lowest BCUT2D eigenvalue weighted by Gasteiger charge is -2.07. The van der Waals surface area contributed by atoms with Crippen LogP contribution in [0.2, 0.25) is 0 Å². The fraction of sp³-hybridized carbons (Fsp3) is 0. The largest absolute Gasteiger partial charge is 0.309 e. The van der Waals surface area contributed by atoms with E-state index in [2.05, 4.69) is 97.1 Å². The first kappa shape index (κ1) is 13.1. The minimum atomic E-state index is 1.09.